The first-order chi connectivity index (χ1) is 23.9. The molecular weight excluding hydrogens is 673 g/mol. The number of fused-ring (bicyclic) bond motifs is 2. The molecule has 0 amide bonds. The van der Waals surface area contributed by atoms with Crippen molar-refractivity contribution < 1.29 is 31.8 Å². The van der Waals surface area contributed by atoms with E-state index in [-0.39, 0.29) is 27.8 Å². The van der Waals surface area contributed by atoms with Crippen LogP contribution in [0.5, 0.6) is 11.5 Å². The minimum Gasteiger partial charge on any atom is -0.507 e. The molecule has 0 spiro atoms. The van der Waals surface area contributed by atoms with Gasteiger partial charge in [-0.1, -0.05) is 115 Å². The van der Waals surface area contributed by atoms with E-state index in [0.717, 1.165) is 60.3 Å². The first-order valence-corrected chi connectivity index (χ1v) is 20.9. The number of ether oxygens (including phenoxy) is 1. The van der Waals surface area contributed by atoms with Gasteiger partial charge in [-0.05, 0) is 76.9 Å². The summed E-state index contributed by atoms with van der Waals surface area (Å²) in [7, 11) is -7.47. The van der Waals surface area contributed by atoms with Crippen molar-refractivity contribution in [2.24, 2.45) is 11.8 Å². The van der Waals surface area contributed by atoms with Gasteiger partial charge in [0.1, 0.15) is 21.3 Å². The normalized spacial score (nSPS) is 13.2. The average Bonchev–Trinajstić information content (AvgIpc) is 3.10. The van der Waals surface area contributed by atoms with Crippen molar-refractivity contribution >= 4 is 41.6 Å². The average molecular weight is 729 g/mol. The largest absolute Gasteiger partial charge is 0.507 e. The highest BCUT2D eigenvalue weighted by Gasteiger charge is 2.21. The summed E-state index contributed by atoms with van der Waals surface area (Å²) in [6.45, 7) is 10.5. The van der Waals surface area contributed by atoms with Crippen LogP contribution in [0.1, 0.15) is 85.5 Å². The van der Waals surface area contributed by atoms with Crippen molar-refractivity contribution in [3.05, 3.63) is 72.8 Å². The second-order valence-corrected chi connectivity index (χ2v) is 16.3. The Morgan fingerprint density at radius 3 is 1.52 bits per heavy atom. The molecule has 2 atom stereocenters. The topological polar surface area (TPSA) is 142 Å². The molecule has 0 bridgehead atoms. The second-order valence-electron chi connectivity index (χ2n) is 12.8. The SMILES string of the molecule is CCCCC(CC)CNS(=O)(=O)c1cc2ccccc2cc1O.CCCCC(CC)COCCCNS(=O)(=O)c1cc2ccccc2cc1O. The molecule has 0 fully saturated rings. The number of phenols is 2. The van der Waals surface area contributed by atoms with E-state index in [2.05, 4.69) is 37.1 Å². The smallest absolute Gasteiger partial charge is 0.244 e. The van der Waals surface area contributed by atoms with Gasteiger partial charge in [0, 0.05) is 26.3 Å². The molecule has 4 aromatic rings. The fourth-order valence-corrected chi connectivity index (χ4v) is 8.11. The summed E-state index contributed by atoms with van der Waals surface area (Å²) < 4.78 is 60.9. The molecule has 4 aromatic carbocycles. The number of nitrogens with one attached hydrogen (secondary N) is 2. The van der Waals surface area contributed by atoms with Crippen LogP contribution >= 0.6 is 0 Å². The van der Waals surface area contributed by atoms with E-state index in [4.69, 9.17) is 4.74 Å². The second kappa shape index (κ2) is 20.6. The minimum atomic E-state index is -3.76. The van der Waals surface area contributed by atoms with E-state index in [1.807, 2.05) is 48.5 Å². The highest BCUT2D eigenvalue weighted by molar-refractivity contribution is 7.90. The molecule has 0 aliphatic rings. The quantitative estimate of drug-likeness (QED) is 0.0669. The molecule has 50 heavy (non-hydrogen) atoms. The highest BCUT2D eigenvalue weighted by Crippen LogP contribution is 2.30. The zero-order valence-corrected chi connectivity index (χ0v) is 31.7. The summed E-state index contributed by atoms with van der Waals surface area (Å²) in [5.74, 6) is 0.459. The van der Waals surface area contributed by atoms with Crippen LogP contribution in [-0.4, -0.2) is 53.4 Å². The van der Waals surface area contributed by atoms with Gasteiger partial charge in [0.2, 0.25) is 20.0 Å². The summed E-state index contributed by atoms with van der Waals surface area (Å²) in [4.78, 5) is -0.144. The van der Waals surface area contributed by atoms with Crippen LogP contribution in [0.4, 0.5) is 0 Å². The van der Waals surface area contributed by atoms with Gasteiger partial charge in [-0.2, -0.15) is 0 Å². The number of phenolic OH excluding ortho intramolecular Hbond substituents is 2. The lowest BCUT2D eigenvalue weighted by atomic mass is 10.00. The molecule has 2 unspecified atom stereocenters. The van der Waals surface area contributed by atoms with Crippen LogP contribution < -0.4 is 9.44 Å². The molecule has 276 valence electrons. The highest BCUT2D eigenvalue weighted by atomic mass is 32.2. The fourth-order valence-electron chi connectivity index (χ4n) is 5.70. The van der Waals surface area contributed by atoms with Crippen molar-refractivity contribution in [2.75, 3.05) is 26.3 Å². The number of aromatic hydroxyl groups is 2. The summed E-state index contributed by atoms with van der Waals surface area (Å²) in [6.07, 6.45) is 9.45. The lowest BCUT2D eigenvalue weighted by Crippen LogP contribution is -2.29. The van der Waals surface area contributed by atoms with Crippen molar-refractivity contribution in [2.45, 2.75) is 95.3 Å². The Kier molecular flexibility index (Phi) is 17.0. The Labute approximate surface area is 299 Å². The predicted octanol–water partition coefficient (Wildman–Crippen LogP) is 8.49. The number of hydrogen-bond acceptors (Lipinski definition) is 7. The molecule has 0 heterocycles. The minimum absolute atomic E-state index is 0.0541. The lowest BCUT2D eigenvalue weighted by Gasteiger charge is -2.16. The molecular formula is C39H56N2O7S2. The van der Waals surface area contributed by atoms with E-state index in [9.17, 15) is 27.0 Å². The van der Waals surface area contributed by atoms with E-state index >= 15 is 0 Å². The van der Waals surface area contributed by atoms with Crippen LogP contribution in [0.25, 0.3) is 21.5 Å². The van der Waals surface area contributed by atoms with Crippen LogP contribution in [-0.2, 0) is 24.8 Å². The Morgan fingerprint density at radius 2 is 1.06 bits per heavy atom. The van der Waals surface area contributed by atoms with E-state index in [0.29, 0.717) is 31.4 Å². The maximum absolute atomic E-state index is 12.5. The Bertz CT molecular complexity index is 1850. The summed E-state index contributed by atoms with van der Waals surface area (Å²) in [5, 5.41) is 23.4. The first-order valence-electron chi connectivity index (χ1n) is 18.0. The van der Waals surface area contributed by atoms with Crippen molar-refractivity contribution in [3.63, 3.8) is 0 Å². The molecule has 0 radical (unpaired) electrons. The molecule has 0 saturated heterocycles. The van der Waals surface area contributed by atoms with Crippen molar-refractivity contribution in [1.82, 2.24) is 9.44 Å². The van der Waals surface area contributed by atoms with Crippen molar-refractivity contribution in [1.29, 1.82) is 0 Å². The fraction of sp³-hybridized carbons (Fsp3) is 0.487. The van der Waals surface area contributed by atoms with Crippen LogP contribution in [0, 0.1) is 11.8 Å². The predicted molar refractivity (Wildman–Crippen MR) is 204 cm³/mol. The molecule has 0 aliphatic heterocycles. The number of benzene rings is 4. The third-order valence-electron chi connectivity index (χ3n) is 8.99. The van der Waals surface area contributed by atoms with Gasteiger partial charge >= 0.3 is 0 Å². The number of unbranched alkanes of at least 4 members (excludes halogenated alkanes) is 2. The maximum Gasteiger partial charge on any atom is 0.244 e. The third kappa shape index (κ3) is 12.5. The van der Waals surface area contributed by atoms with Gasteiger partial charge in [0.05, 0.1) is 0 Å². The van der Waals surface area contributed by atoms with Crippen molar-refractivity contribution in [3.8, 4) is 11.5 Å². The zero-order chi connectivity index (χ0) is 36.6. The molecule has 11 heteroatoms. The van der Waals surface area contributed by atoms with Gasteiger partial charge in [0.25, 0.3) is 0 Å². The summed E-state index contributed by atoms with van der Waals surface area (Å²) in [6, 6.07) is 20.7. The van der Waals surface area contributed by atoms with E-state index < -0.39 is 20.0 Å². The van der Waals surface area contributed by atoms with Crippen LogP contribution in [0.2, 0.25) is 0 Å². The Morgan fingerprint density at radius 1 is 0.620 bits per heavy atom. The number of rotatable bonds is 20. The molecule has 0 aromatic heterocycles. The molecule has 4 rings (SSSR count). The summed E-state index contributed by atoms with van der Waals surface area (Å²) >= 11 is 0. The Hall–Kier alpha value is -3.22. The molecule has 0 saturated carbocycles. The lowest BCUT2D eigenvalue weighted by molar-refractivity contribution is 0.0928. The molecule has 0 aliphatic carbocycles. The van der Waals surface area contributed by atoms with Gasteiger partial charge in [-0.25, -0.2) is 26.3 Å². The molecule has 9 nitrogen and oxygen atoms in total. The Balaban J connectivity index is 0.000000274. The van der Waals surface area contributed by atoms with Gasteiger partial charge < -0.3 is 14.9 Å². The first kappa shape index (κ1) is 41.2. The third-order valence-corrected chi connectivity index (χ3v) is 11.9. The molecule has 4 N–H and O–H groups in total. The van der Waals surface area contributed by atoms with E-state index in [1.54, 1.807) is 0 Å². The summed E-state index contributed by atoms with van der Waals surface area (Å²) in [5.41, 5.74) is 0. The van der Waals surface area contributed by atoms with E-state index in [1.165, 1.54) is 43.5 Å². The van der Waals surface area contributed by atoms with Gasteiger partial charge in [-0.15, -0.1) is 0 Å². The zero-order valence-electron chi connectivity index (χ0n) is 30.0. The standard InChI is InChI=1S/C21H31NO4S.C18H25NO3S/c1-3-5-9-17(4-2)16-26-13-8-12-22-27(24,25)21-15-19-11-7-6-10-18(19)14-20(21)23;1-3-5-8-14(4-2)13-19-23(21,22)18-12-16-10-7-6-9-15(16)11-17(18)20/h6-7,10-11,14-15,17,22-23H,3-5,8-9,12-13,16H2,1-2H3;6-7,9-12,14,19-20H,3-5,8,13H2,1-2H3. The van der Waals surface area contributed by atoms with Crippen LogP contribution in [0.15, 0.2) is 82.6 Å². The van der Waals surface area contributed by atoms with Gasteiger partial charge in [-0.3, -0.25) is 0 Å². The number of hydrogen-bond donors (Lipinski definition) is 4. The number of sulfonamides is 2. The maximum atomic E-state index is 12.5. The van der Waals surface area contributed by atoms with Gasteiger partial charge in [0.15, 0.2) is 0 Å². The van der Waals surface area contributed by atoms with Crippen LogP contribution in [0.3, 0.4) is 0 Å². The monoisotopic (exact) mass is 728 g/mol.